The maximum Gasteiger partial charge on any atom is 0.152 e. The second kappa shape index (κ2) is 5.24. The summed E-state index contributed by atoms with van der Waals surface area (Å²) in [5, 5.41) is 1.98. The quantitative estimate of drug-likeness (QED) is 0.872. The number of aromatic nitrogens is 1. The first kappa shape index (κ1) is 13.9. The first-order valence-corrected chi connectivity index (χ1v) is 8.73. The minimum atomic E-state index is -2.97. The molecular weight excluding hydrogens is 270 g/mol. The van der Waals surface area contributed by atoms with Gasteiger partial charge in [-0.15, -0.1) is 11.3 Å². The SMILES string of the molecule is CN(Cc1cscn1)C1(CN)CCCS(=O)(=O)C1. The molecule has 0 aromatic carbocycles. The van der Waals surface area contributed by atoms with Crippen molar-refractivity contribution in [2.45, 2.75) is 24.9 Å². The van der Waals surface area contributed by atoms with Crippen LogP contribution in [0.2, 0.25) is 0 Å². The van der Waals surface area contributed by atoms with E-state index in [2.05, 4.69) is 9.88 Å². The van der Waals surface area contributed by atoms with Gasteiger partial charge in [0.1, 0.15) is 0 Å². The fourth-order valence-electron chi connectivity index (χ4n) is 2.52. The van der Waals surface area contributed by atoms with E-state index >= 15 is 0 Å². The van der Waals surface area contributed by atoms with Crippen molar-refractivity contribution in [3.05, 3.63) is 16.6 Å². The molecule has 0 bridgehead atoms. The van der Waals surface area contributed by atoms with Gasteiger partial charge in [0.25, 0.3) is 0 Å². The number of thiazole rings is 1. The van der Waals surface area contributed by atoms with E-state index in [0.717, 1.165) is 12.1 Å². The molecule has 1 aliphatic heterocycles. The summed E-state index contributed by atoms with van der Waals surface area (Å²) in [5.74, 6) is 0.455. The molecule has 5 nitrogen and oxygen atoms in total. The van der Waals surface area contributed by atoms with Crippen molar-refractivity contribution in [3.8, 4) is 0 Å². The van der Waals surface area contributed by atoms with E-state index in [-0.39, 0.29) is 5.75 Å². The van der Waals surface area contributed by atoms with Crippen LogP contribution in [-0.4, -0.2) is 48.9 Å². The number of nitrogens with two attached hydrogens (primary N) is 1. The van der Waals surface area contributed by atoms with E-state index in [4.69, 9.17) is 5.73 Å². The lowest BCUT2D eigenvalue weighted by Gasteiger charge is -2.43. The van der Waals surface area contributed by atoms with Gasteiger partial charge in [-0.3, -0.25) is 4.90 Å². The summed E-state index contributed by atoms with van der Waals surface area (Å²) < 4.78 is 23.7. The van der Waals surface area contributed by atoms with Crippen molar-refractivity contribution in [2.24, 2.45) is 5.73 Å². The number of hydrogen-bond acceptors (Lipinski definition) is 6. The van der Waals surface area contributed by atoms with Crippen LogP contribution in [0.4, 0.5) is 0 Å². The van der Waals surface area contributed by atoms with Crippen LogP contribution in [0.5, 0.6) is 0 Å². The molecule has 1 aromatic rings. The number of rotatable bonds is 4. The Morgan fingerprint density at radius 1 is 1.61 bits per heavy atom. The molecule has 0 aliphatic carbocycles. The number of sulfone groups is 1. The van der Waals surface area contributed by atoms with Gasteiger partial charge in [0.2, 0.25) is 0 Å². The van der Waals surface area contributed by atoms with Gasteiger partial charge < -0.3 is 5.73 Å². The molecule has 0 radical (unpaired) electrons. The third-order valence-electron chi connectivity index (χ3n) is 3.66. The topological polar surface area (TPSA) is 76.3 Å². The highest BCUT2D eigenvalue weighted by Crippen LogP contribution is 2.28. The van der Waals surface area contributed by atoms with Crippen LogP contribution in [-0.2, 0) is 16.4 Å². The van der Waals surface area contributed by atoms with Gasteiger partial charge in [0.05, 0.1) is 22.7 Å². The normalized spacial score (nSPS) is 27.5. The van der Waals surface area contributed by atoms with E-state index < -0.39 is 15.4 Å². The minimum absolute atomic E-state index is 0.164. The maximum atomic E-state index is 11.8. The summed E-state index contributed by atoms with van der Waals surface area (Å²) in [6.45, 7) is 1.02. The second-order valence-electron chi connectivity index (χ2n) is 4.96. The first-order valence-electron chi connectivity index (χ1n) is 5.96. The molecule has 2 heterocycles. The Morgan fingerprint density at radius 3 is 2.94 bits per heavy atom. The number of hydrogen-bond donors (Lipinski definition) is 1. The van der Waals surface area contributed by atoms with Gasteiger partial charge >= 0.3 is 0 Å². The highest BCUT2D eigenvalue weighted by atomic mass is 32.2. The van der Waals surface area contributed by atoms with Gasteiger partial charge in [-0.1, -0.05) is 0 Å². The smallest absolute Gasteiger partial charge is 0.152 e. The Hall–Kier alpha value is -0.500. The summed E-state index contributed by atoms with van der Waals surface area (Å²) in [5.41, 5.74) is 8.19. The Balaban J connectivity index is 2.16. The van der Waals surface area contributed by atoms with Gasteiger partial charge in [-0.25, -0.2) is 13.4 Å². The third kappa shape index (κ3) is 2.90. The summed E-state index contributed by atoms with van der Waals surface area (Å²) in [6, 6.07) is 0. The molecule has 1 aromatic heterocycles. The lowest BCUT2D eigenvalue weighted by atomic mass is 9.93. The Bertz CT molecular complexity index is 486. The fourth-order valence-corrected chi connectivity index (χ4v) is 5.10. The fraction of sp³-hybridized carbons (Fsp3) is 0.727. The van der Waals surface area contributed by atoms with Crippen molar-refractivity contribution in [1.29, 1.82) is 0 Å². The molecule has 102 valence electrons. The predicted octanol–water partition coefficient (Wildman–Crippen LogP) is 0.481. The van der Waals surface area contributed by atoms with E-state index in [9.17, 15) is 8.42 Å². The lowest BCUT2D eigenvalue weighted by molar-refractivity contribution is 0.122. The lowest BCUT2D eigenvalue weighted by Crippen LogP contribution is -2.58. The van der Waals surface area contributed by atoms with Crippen LogP contribution in [0, 0.1) is 0 Å². The molecule has 1 fully saturated rings. The van der Waals surface area contributed by atoms with Gasteiger partial charge in [-0.2, -0.15) is 0 Å². The van der Waals surface area contributed by atoms with E-state index in [1.165, 1.54) is 0 Å². The molecule has 0 saturated carbocycles. The van der Waals surface area contributed by atoms with Gasteiger partial charge in [0.15, 0.2) is 9.84 Å². The molecule has 0 amide bonds. The average Bonchev–Trinajstić information content (AvgIpc) is 2.80. The Labute approximate surface area is 112 Å². The largest absolute Gasteiger partial charge is 0.329 e. The van der Waals surface area contributed by atoms with Crippen molar-refractivity contribution in [2.75, 3.05) is 25.1 Å². The van der Waals surface area contributed by atoms with E-state index in [0.29, 0.717) is 25.3 Å². The summed E-state index contributed by atoms with van der Waals surface area (Å²) in [6.07, 6.45) is 1.53. The second-order valence-corrected chi connectivity index (χ2v) is 7.86. The summed E-state index contributed by atoms with van der Waals surface area (Å²) in [7, 11) is -1.03. The van der Waals surface area contributed by atoms with Crippen molar-refractivity contribution < 1.29 is 8.42 Å². The molecule has 1 saturated heterocycles. The zero-order valence-corrected chi connectivity index (χ0v) is 12.1. The average molecular weight is 289 g/mol. The monoisotopic (exact) mass is 289 g/mol. The van der Waals surface area contributed by atoms with Gasteiger partial charge in [0, 0.05) is 24.0 Å². The van der Waals surface area contributed by atoms with Crippen LogP contribution < -0.4 is 5.73 Å². The zero-order chi connectivity index (χ0) is 13.2. The third-order valence-corrected chi connectivity index (χ3v) is 6.18. The highest BCUT2D eigenvalue weighted by molar-refractivity contribution is 7.91. The molecule has 18 heavy (non-hydrogen) atoms. The Morgan fingerprint density at radius 2 is 2.39 bits per heavy atom. The number of nitrogens with zero attached hydrogens (tertiary/aromatic N) is 2. The van der Waals surface area contributed by atoms with Crippen molar-refractivity contribution in [3.63, 3.8) is 0 Å². The minimum Gasteiger partial charge on any atom is -0.329 e. The van der Waals surface area contributed by atoms with Crippen molar-refractivity contribution >= 4 is 21.2 Å². The maximum absolute atomic E-state index is 11.8. The molecular formula is C11H19N3O2S2. The first-order chi connectivity index (χ1) is 8.47. The molecule has 0 spiro atoms. The zero-order valence-electron chi connectivity index (χ0n) is 10.5. The summed E-state index contributed by atoms with van der Waals surface area (Å²) >= 11 is 1.55. The van der Waals surface area contributed by atoms with Crippen molar-refractivity contribution in [1.82, 2.24) is 9.88 Å². The van der Waals surface area contributed by atoms with Crippen LogP contribution in [0.25, 0.3) is 0 Å². The Kier molecular flexibility index (Phi) is 4.05. The van der Waals surface area contributed by atoms with Crippen LogP contribution >= 0.6 is 11.3 Å². The van der Waals surface area contributed by atoms with E-state index in [1.807, 2.05) is 12.4 Å². The number of likely N-dealkylation sites (N-methyl/N-ethyl adjacent to an activating group) is 1. The van der Waals surface area contributed by atoms with Crippen LogP contribution in [0.3, 0.4) is 0 Å². The molecule has 1 aliphatic rings. The van der Waals surface area contributed by atoms with E-state index in [1.54, 1.807) is 16.8 Å². The van der Waals surface area contributed by atoms with Crippen LogP contribution in [0.1, 0.15) is 18.5 Å². The summed E-state index contributed by atoms with van der Waals surface area (Å²) in [4.78, 5) is 6.29. The molecule has 2 N–H and O–H groups in total. The van der Waals surface area contributed by atoms with Gasteiger partial charge in [-0.05, 0) is 19.9 Å². The predicted molar refractivity (Wildman–Crippen MR) is 73.3 cm³/mol. The highest BCUT2D eigenvalue weighted by Gasteiger charge is 2.41. The molecule has 1 unspecified atom stereocenters. The standard InChI is InChI=1S/C11H19N3O2S2/c1-14(5-10-6-17-9-13-10)11(7-12)3-2-4-18(15,16)8-11/h6,9H,2-5,7-8,12H2,1H3. The van der Waals surface area contributed by atoms with Crippen LogP contribution in [0.15, 0.2) is 10.9 Å². The molecule has 2 rings (SSSR count). The molecule has 7 heteroatoms. The molecule has 1 atom stereocenters.